The first kappa shape index (κ1) is 9.59. The molecule has 0 radical (unpaired) electrons. The Morgan fingerprint density at radius 3 is 2.81 bits per heavy atom. The van der Waals surface area contributed by atoms with Crippen LogP contribution >= 0.6 is 0 Å². The van der Waals surface area contributed by atoms with Gasteiger partial charge in [0, 0.05) is 11.6 Å². The lowest BCUT2D eigenvalue weighted by Crippen LogP contribution is -1.86. The Morgan fingerprint density at radius 2 is 2.12 bits per heavy atom. The van der Waals surface area contributed by atoms with E-state index in [1.54, 1.807) is 0 Å². The Labute approximate surface area is 95.8 Å². The topological polar surface area (TPSA) is 12.9 Å². The first-order valence-corrected chi connectivity index (χ1v) is 5.79. The molecule has 3 rings (SSSR count). The Morgan fingerprint density at radius 1 is 1.31 bits per heavy atom. The van der Waals surface area contributed by atoms with E-state index in [1.807, 2.05) is 13.1 Å². The monoisotopic (exact) mass is 209 g/mol. The van der Waals surface area contributed by atoms with Crippen LogP contribution in [0.5, 0.6) is 0 Å². The van der Waals surface area contributed by atoms with Crippen molar-refractivity contribution in [2.45, 2.75) is 25.7 Å². The van der Waals surface area contributed by atoms with E-state index < -0.39 is 0 Å². The lowest BCUT2D eigenvalue weighted by atomic mass is 10.0. The van der Waals surface area contributed by atoms with Gasteiger partial charge < -0.3 is 0 Å². The highest BCUT2D eigenvalue weighted by molar-refractivity contribution is 5.82. The highest BCUT2D eigenvalue weighted by Gasteiger charge is 2.23. The van der Waals surface area contributed by atoms with Crippen LogP contribution in [0, 0.1) is 0 Å². The molecule has 1 aliphatic carbocycles. The van der Waals surface area contributed by atoms with Gasteiger partial charge in [-0.15, -0.1) is 0 Å². The van der Waals surface area contributed by atoms with Gasteiger partial charge in [-0.1, -0.05) is 18.7 Å². The van der Waals surface area contributed by atoms with Crippen LogP contribution in [-0.4, -0.2) is 4.98 Å². The summed E-state index contributed by atoms with van der Waals surface area (Å²) in [7, 11) is 0. The quantitative estimate of drug-likeness (QED) is 0.724. The number of rotatable bonds is 2. The minimum Gasteiger partial charge on any atom is -0.256 e. The van der Waals surface area contributed by atoms with Crippen LogP contribution in [0.2, 0.25) is 0 Å². The van der Waals surface area contributed by atoms with Gasteiger partial charge in [-0.3, -0.25) is 4.98 Å². The molecule has 0 spiro atoms. The van der Waals surface area contributed by atoms with E-state index in [1.165, 1.54) is 23.8 Å². The van der Waals surface area contributed by atoms with Crippen molar-refractivity contribution in [3.63, 3.8) is 0 Å². The third-order valence-electron chi connectivity index (χ3n) is 3.25. The number of allylic oxidation sites excluding steroid dienone is 1. The van der Waals surface area contributed by atoms with Gasteiger partial charge in [0.1, 0.15) is 0 Å². The molecule has 1 aromatic heterocycles. The Bertz CT molecular complexity index is 565. The fourth-order valence-electron chi connectivity index (χ4n) is 2.04. The van der Waals surface area contributed by atoms with Crippen molar-refractivity contribution in [1.29, 1.82) is 0 Å². The second-order valence-electron chi connectivity index (χ2n) is 4.73. The second kappa shape index (κ2) is 3.44. The zero-order chi connectivity index (χ0) is 11.1. The summed E-state index contributed by atoms with van der Waals surface area (Å²) < 4.78 is 0. The van der Waals surface area contributed by atoms with Crippen LogP contribution in [-0.2, 0) is 0 Å². The number of hydrogen-bond acceptors (Lipinski definition) is 1. The van der Waals surface area contributed by atoms with E-state index in [2.05, 4.69) is 35.8 Å². The Kier molecular flexibility index (Phi) is 2.06. The third-order valence-corrected chi connectivity index (χ3v) is 3.25. The highest BCUT2D eigenvalue weighted by atomic mass is 14.6. The zero-order valence-corrected chi connectivity index (χ0v) is 9.53. The summed E-state index contributed by atoms with van der Waals surface area (Å²) in [5, 5.41) is 1.21. The molecule has 0 N–H and O–H groups in total. The molecule has 1 nitrogen and oxygen atoms in total. The molecule has 0 atom stereocenters. The van der Waals surface area contributed by atoms with Crippen LogP contribution in [0.4, 0.5) is 0 Å². The smallest absolute Gasteiger partial charge is 0.0705 e. The number of fused-ring (bicyclic) bond motifs is 1. The maximum atomic E-state index is 4.51. The molecule has 0 unspecified atom stereocenters. The summed E-state index contributed by atoms with van der Waals surface area (Å²) in [5.74, 6) is 0.798. The largest absolute Gasteiger partial charge is 0.256 e. The molecule has 1 saturated carbocycles. The summed E-state index contributed by atoms with van der Waals surface area (Å²) >= 11 is 0. The van der Waals surface area contributed by atoms with Crippen LogP contribution in [0.3, 0.4) is 0 Å². The number of nitrogens with zero attached hydrogens (tertiary/aromatic N) is 1. The van der Waals surface area contributed by atoms with Crippen molar-refractivity contribution in [2.24, 2.45) is 0 Å². The van der Waals surface area contributed by atoms with Crippen LogP contribution < -0.4 is 0 Å². The van der Waals surface area contributed by atoms with Gasteiger partial charge in [-0.25, -0.2) is 0 Å². The molecular weight excluding hydrogens is 194 g/mol. The maximum Gasteiger partial charge on any atom is 0.0705 e. The first-order chi connectivity index (χ1) is 7.74. The first-order valence-electron chi connectivity index (χ1n) is 5.79. The molecule has 16 heavy (non-hydrogen) atoms. The van der Waals surface area contributed by atoms with Gasteiger partial charge in [0.05, 0.1) is 5.52 Å². The third kappa shape index (κ3) is 1.63. The second-order valence-corrected chi connectivity index (χ2v) is 4.73. The molecule has 80 valence electrons. The summed E-state index contributed by atoms with van der Waals surface area (Å²) in [5.41, 5.74) is 4.75. The van der Waals surface area contributed by atoms with Gasteiger partial charge in [0.2, 0.25) is 0 Å². The molecule has 1 fully saturated rings. The molecule has 1 heteroatoms. The van der Waals surface area contributed by atoms with Gasteiger partial charge >= 0.3 is 0 Å². The van der Waals surface area contributed by atoms with Gasteiger partial charge in [-0.2, -0.15) is 0 Å². The fraction of sp³-hybridized carbons (Fsp3) is 0.267. The molecule has 1 aliphatic rings. The normalized spacial score (nSPS) is 15.3. The minimum atomic E-state index is 0.798. The Hall–Kier alpha value is -1.63. The summed E-state index contributed by atoms with van der Waals surface area (Å²) in [4.78, 5) is 4.51. The van der Waals surface area contributed by atoms with E-state index in [0.717, 1.165) is 22.6 Å². The van der Waals surface area contributed by atoms with E-state index >= 15 is 0 Å². The van der Waals surface area contributed by atoms with E-state index in [4.69, 9.17) is 0 Å². The van der Waals surface area contributed by atoms with Crippen LogP contribution in [0.1, 0.15) is 36.8 Å². The van der Waals surface area contributed by atoms with Crippen LogP contribution in [0.25, 0.3) is 16.5 Å². The fourth-order valence-corrected chi connectivity index (χ4v) is 2.04. The molecule has 1 heterocycles. The SMILES string of the molecule is C=C(C)c1cnc2cc(C3CC3)ccc2c1. The highest BCUT2D eigenvalue weighted by Crippen LogP contribution is 2.40. The summed E-state index contributed by atoms with van der Waals surface area (Å²) in [6, 6.07) is 8.82. The van der Waals surface area contributed by atoms with Gasteiger partial charge in [0.15, 0.2) is 0 Å². The van der Waals surface area contributed by atoms with Crippen molar-refractivity contribution in [2.75, 3.05) is 0 Å². The maximum absolute atomic E-state index is 4.51. The van der Waals surface area contributed by atoms with Crippen molar-refractivity contribution in [1.82, 2.24) is 4.98 Å². The number of hydrogen-bond donors (Lipinski definition) is 0. The van der Waals surface area contributed by atoms with E-state index in [0.29, 0.717) is 0 Å². The van der Waals surface area contributed by atoms with Gasteiger partial charge in [-0.05, 0) is 54.5 Å². The minimum absolute atomic E-state index is 0.798. The molecule has 0 aliphatic heterocycles. The number of benzene rings is 1. The van der Waals surface area contributed by atoms with Crippen molar-refractivity contribution in [3.05, 3.63) is 48.2 Å². The Balaban J connectivity index is 2.12. The number of pyridine rings is 1. The molecule has 0 saturated heterocycles. The van der Waals surface area contributed by atoms with Crippen molar-refractivity contribution in [3.8, 4) is 0 Å². The average molecular weight is 209 g/mol. The summed E-state index contributed by atoms with van der Waals surface area (Å²) in [6.07, 6.45) is 4.60. The molecule has 2 aromatic rings. The molecule has 1 aromatic carbocycles. The number of aromatic nitrogens is 1. The van der Waals surface area contributed by atoms with E-state index in [-0.39, 0.29) is 0 Å². The molecule has 0 bridgehead atoms. The lowest BCUT2D eigenvalue weighted by Gasteiger charge is -2.04. The van der Waals surface area contributed by atoms with E-state index in [9.17, 15) is 0 Å². The lowest BCUT2D eigenvalue weighted by molar-refractivity contribution is 1.13. The standard InChI is InChI=1S/C15H15N/c1-10(2)14-7-13-6-5-12(11-3-4-11)8-15(13)16-9-14/h5-9,11H,1,3-4H2,2H3. The zero-order valence-electron chi connectivity index (χ0n) is 9.53. The summed E-state index contributed by atoms with van der Waals surface area (Å²) in [6.45, 7) is 5.96. The van der Waals surface area contributed by atoms with Gasteiger partial charge in [0.25, 0.3) is 0 Å². The predicted octanol–water partition coefficient (Wildman–Crippen LogP) is 4.15. The molecule has 0 amide bonds. The predicted molar refractivity (Wildman–Crippen MR) is 68.4 cm³/mol. The van der Waals surface area contributed by atoms with Crippen molar-refractivity contribution >= 4 is 16.5 Å². The van der Waals surface area contributed by atoms with Crippen molar-refractivity contribution < 1.29 is 0 Å². The average Bonchev–Trinajstić information content (AvgIpc) is 3.11. The van der Waals surface area contributed by atoms with Crippen LogP contribution in [0.15, 0.2) is 37.0 Å². The molecular formula is C15H15N.